The predicted octanol–water partition coefficient (Wildman–Crippen LogP) is 2.28. The van der Waals surface area contributed by atoms with E-state index in [1.54, 1.807) is 4.90 Å². The van der Waals surface area contributed by atoms with Gasteiger partial charge in [-0.25, -0.2) is 4.79 Å². The van der Waals surface area contributed by atoms with Gasteiger partial charge in [0.1, 0.15) is 6.10 Å². The number of hydrogen-bond donors (Lipinski definition) is 0. The maximum atomic E-state index is 12.4. The molecule has 1 aromatic carbocycles. The van der Waals surface area contributed by atoms with Crippen LogP contribution in [0.4, 0.5) is 10.5 Å². The molecule has 0 spiro atoms. The Morgan fingerprint density at radius 1 is 1.15 bits per heavy atom. The maximum Gasteiger partial charge on any atom is 0.414 e. The van der Waals surface area contributed by atoms with Crippen molar-refractivity contribution in [3.05, 3.63) is 29.8 Å². The lowest BCUT2D eigenvalue weighted by Gasteiger charge is -2.44. The van der Waals surface area contributed by atoms with Crippen LogP contribution in [0.5, 0.6) is 0 Å². The lowest BCUT2D eigenvalue weighted by Crippen LogP contribution is -2.52. The molecule has 4 nitrogen and oxygen atoms in total. The average Bonchev–Trinajstić information content (AvgIpc) is 2.92. The minimum Gasteiger partial charge on any atom is -0.444 e. The molecule has 3 saturated heterocycles. The number of carbonyl (C=O) groups excluding carboxylic acids is 1. The summed E-state index contributed by atoms with van der Waals surface area (Å²) in [6.45, 7) is 4.02. The zero-order valence-electron chi connectivity index (χ0n) is 11.6. The number of rotatable bonds is 1. The number of nitrogens with zero attached hydrogens (tertiary/aromatic N) is 2. The predicted molar refractivity (Wildman–Crippen MR) is 76.9 cm³/mol. The summed E-state index contributed by atoms with van der Waals surface area (Å²) in [4.78, 5) is 16.6. The first-order chi connectivity index (χ1) is 9.81. The summed E-state index contributed by atoms with van der Waals surface area (Å²) in [5.41, 5.74) is 2.28. The van der Waals surface area contributed by atoms with E-state index in [-0.39, 0.29) is 12.2 Å². The van der Waals surface area contributed by atoms with Gasteiger partial charge in [-0.3, -0.25) is 9.80 Å². The third-order valence-corrected chi connectivity index (χ3v) is 4.96. The highest BCUT2D eigenvalue weighted by molar-refractivity contribution is 5.90. The van der Waals surface area contributed by atoms with Gasteiger partial charge in [-0.1, -0.05) is 18.2 Å². The molecule has 1 amide bonds. The molecule has 0 aromatic heterocycles. The first kappa shape index (κ1) is 12.2. The number of hydrogen-bond acceptors (Lipinski definition) is 3. The van der Waals surface area contributed by atoms with Crippen LogP contribution in [0.15, 0.2) is 24.3 Å². The Hall–Kier alpha value is -1.55. The van der Waals surface area contributed by atoms with E-state index in [0.717, 1.165) is 25.2 Å². The number of fused-ring (bicyclic) bond motifs is 4. The highest BCUT2D eigenvalue weighted by Crippen LogP contribution is 2.32. The zero-order chi connectivity index (χ0) is 13.5. The monoisotopic (exact) mass is 272 g/mol. The summed E-state index contributed by atoms with van der Waals surface area (Å²) in [5, 5.41) is 0. The first-order valence-electron chi connectivity index (χ1n) is 7.60. The fourth-order valence-electron chi connectivity index (χ4n) is 3.77. The highest BCUT2D eigenvalue weighted by Gasteiger charge is 2.38. The molecule has 5 rings (SSSR count). The number of carbonyl (C=O) groups is 1. The number of amides is 1. The lowest BCUT2D eigenvalue weighted by atomic mass is 9.86. The van der Waals surface area contributed by atoms with E-state index in [1.165, 1.54) is 31.5 Å². The normalized spacial score (nSPS) is 31.2. The second-order valence-corrected chi connectivity index (χ2v) is 6.09. The van der Waals surface area contributed by atoms with Crippen LogP contribution in [0.2, 0.25) is 0 Å². The Bertz CT molecular complexity index is 523. The lowest BCUT2D eigenvalue weighted by molar-refractivity contribution is -0.0309. The van der Waals surface area contributed by atoms with E-state index in [0.29, 0.717) is 5.92 Å². The molecular weight excluding hydrogens is 252 g/mol. The van der Waals surface area contributed by atoms with Gasteiger partial charge >= 0.3 is 6.09 Å². The minimum atomic E-state index is -0.159. The minimum absolute atomic E-state index is 0.0952. The summed E-state index contributed by atoms with van der Waals surface area (Å²) >= 11 is 0. The fourth-order valence-corrected chi connectivity index (χ4v) is 3.77. The molecule has 4 aliphatic heterocycles. The number of ether oxygens (including phenoxy) is 1. The zero-order valence-corrected chi connectivity index (χ0v) is 11.6. The number of piperidine rings is 3. The van der Waals surface area contributed by atoms with Gasteiger partial charge in [-0.2, -0.15) is 0 Å². The van der Waals surface area contributed by atoms with E-state index in [9.17, 15) is 4.79 Å². The molecule has 4 heteroatoms. The van der Waals surface area contributed by atoms with Gasteiger partial charge in [0.05, 0.1) is 5.69 Å². The van der Waals surface area contributed by atoms with Crippen LogP contribution in [0.1, 0.15) is 18.4 Å². The molecule has 4 aliphatic rings. The van der Waals surface area contributed by atoms with Crippen LogP contribution in [0.25, 0.3) is 0 Å². The Morgan fingerprint density at radius 3 is 2.70 bits per heavy atom. The summed E-state index contributed by atoms with van der Waals surface area (Å²) in [5.74, 6) is 0.571. The number of anilines is 1. The van der Waals surface area contributed by atoms with Crippen molar-refractivity contribution in [2.24, 2.45) is 5.92 Å². The number of benzene rings is 1. The van der Waals surface area contributed by atoms with E-state index in [1.807, 2.05) is 18.2 Å². The quantitative estimate of drug-likeness (QED) is 0.786. The van der Waals surface area contributed by atoms with Gasteiger partial charge in [-0.15, -0.1) is 0 Å². The van der Waals surface area contributed by atoms with Crippen LogP contribution in [-0.2, 0) is 11.2 Å². The van der Waals surface area contributed by atoms with Crippen molar-refractivity contribution in [1.82, 2.24) is 4.90 Å². The molecule has 1 aromatic rings. The second kappa shape index (κ2) is 4.77. The number of para-hydroxylation sites is 1. The van der Waals surface area contributed by atoms with E-state index in [2.05, 4.69) is 11.0 Å². The Labute approximate surface area is 119 Å². The molecular formula is C16H20N2O2. The van der Waals surface area contributed by atoms with Crippen molar-refractivity contribution in [3.8, 4) is 0 Å². The Morgan fingerprint density at radius 2 is 1.95 bits per heavy atom. The van der Waals surface area contributed by atoms with Crippen LogP contribution in [0, 0.1) is 5.92 Å². The van der Waals surface area contributed by atoms with Crippen molar-refractivity contribution >= 4 is 11.8 Å². The third-order valence-electron chi connectivity index (χ3n) is 4.96. The smallest absolute Gasteiger partial charge is 0.414 e. The highest BCUT2D eigenvalue weighted by atomic mass is 16.6. The van der Waals surface area contributed by atoms with E-state index >= 15 is 0 Å². The standard InChI is InChI=1S/C16H20N2O2/c19-16(18-10-7-12-3-1-2-4-14(12)18)20-15-11-17-8-5-13(15)6-9-17/h1-4,13,15H,5-11H2. The molecule has 1 unspecified atom stereocenters. The Balaban J connectivity index is 1.46. The summed E-state index contributed by atoms with van der Waals surface area (Å²) in [6, 6.07) is 8.12. The molecule has 4 heterocycles. The van der Waals surface area contributed by atoms with Gasteiger partial charge in [0, 0.05) is 13.1 Å². The van der Waals surface area contributed by atoms with Crippen molar-refractivity contribution in [2.45, 2.75) is 25.4 Å². The molecule has 3 fully saturated rings. The average molecular weight is 272 g/mol. The molecule has 0 radical (unpaired) electrons. The van der Waals surface area contributed by atoms with Crippen molar-refractivity contribution in [2.75, 3.05) is 31.1 Å². The van der Waals surface area contributed by atoms with Gasteiger partial charge in [0.25, 0.3) is 0 Å². The molecule has 1 atom stereocenters. The van der Waals surface area contributed by atoms with Crippen LogP contribution in [0.3, 0.4) is 0 Å². The maximum absolute atomic E-state index is 12.4. The third kappa shape index (κ3) is 1.99. The van der Waals surface area contributed by atoms with Crippen LogP contribution in [-0.4, -0.2) is 43.3 Å². The van der Waals surface area contributed by atoms with Crippen molar-refractivity contribution in [1.29, 1.82) is 0 Å². The Kier molecular flexibility index (Phi) is 2.91. The van der Waals surface area contributed by atoms with Crippen LogP contribution >= 0.6 is 0 Å². The molecule has 0 N–H and O–H groups in total. The van der Waals surface area contributed by atoms with Gasteiger partial charge < -0.3 is 4.74 Å². The topological polar surface area (TPSA) is 32.8 Å². The first-order valence-corrected chi connectivity index (χ1v) is 7.60. The van der Waals surface area contributed by atoms with Crippen LogP contribution < -0.4 is 4.90 Å². The summed E-state index contributed by atoms with van der Waals surface area (Å²) < 4.78 is 5.81. The van der Waals surface area contributed by atoms with Crippen molar-refractivity contribution < 1.29 is 9.53 Å². The SMILES string of the molecule is O=C(OC1CN2CCC1CC2)N1CCc2ccccc21. The fraction of sp³-hybridized carbons (Fsp3) is 0.562. The molecule has 2 bridgehead atoms. The van der Waals surface area contributed by atoms with E-state index in [4.69, 9.17) is 4.74 Å². The largest absolute Gasteiger partial charge is 0.444 e. The molecule has 106 valence electrons. The second-order valence-electron chi connectivity index (χ2n) is 6.09. The molecule has 0 saturated carbocycles. The van der Waals surface area contributed by atoms with Gasteiger partial charge in [0.15, 0.2) is 0 Å². The van der Waals surface area contributed by atoms with E-state index < -0.39 is 0 Å². The van der Waals surface area contributed by atoms with Crippen molar-refractivity contribution in [3.63, 3.8) is 0 Å². The molecule has 0 aliphatic carbocycles. The van der Waals surface area contributed by atoms with Gasteiger partial charge in [-0.05, 0) is 49.9 Å². The summed E-state index contributed by atoms with van der Waals surface area (Å²) in [6.07, 6.45) is 3.22. The molecule has 20 heavy (non-hydrogen) atoms. The van der Waals surface area contributed by atoms with Gasteiger partial charge in [0.2, 0.25) is 0 Å². The summed E-state index contributed by atoms with van der Waals surface area (Å²) in [7, 11) is 0.